The van der Waals surface area contributed by atoms with Gasteiger partial charge in [0.2, 0.25) is 5.91 Å². The van der Waals surface area contributed by atoms with Crippen molar-refractivity contribution in [3.05, 3.63) is 65.4 Å². The molecule has 1 saturated heterocycles. The van der Waals surface area contributed by atoms with Crippen molar-refractivity contribution in [1.82, 2.24) is 14.5 Å². The van der Waals surface area contributed by atoms with Crippen molar-refractivity contribution in [2.75, 3.05) is 13.1 Å². The van der Waals surface area contributed by atoms with Gasteiger partial charge in [-0.15, -0.1) is 0 Å². The Morgan fingerprint density at radius 1 is 1.08 bits per heavy atom. The highest BCUT2D eigenvalue weighted by Gasteiger charge is 2.23. The molecule has 1 aromatic heterocycles. The molecule has 134 valence electrons. The quantitative estimate of drug-likeness (QED) is 0.694. The van der Waals surface area contributed by atoms with Crippen LogP contribution >= 0.6 is 11.6 Å². The van der Waals surface area contributed by atoms with Crippen molar-refractivity contribution in [1.29, 1.82) is 0 Å². The van der Waals surface area contributed by atoms with Crippen molar-refractivity contribution < 1.29 is 4.79 Å². The van der Waals surface area contributed by atoms with Gasteiger partial charge in [0, 0.05) is 24.7 Å². The summed E-state index contributed by atoms with van der Waals surface area (Å²) in [6.45, 7) is 2.61. The number of benzene rings is 2. The van der Waals surface area contributed by atoms with Gasteiger partial charge >= 0.3 is 0 Å². The van der Waals surface area contributed by atoms with Crippen LogP contribution < -0.4 is 0 Å². The van der Waals surface area contributed by atoms with Crippen molar-refractivity contribution in [3.8, 4) is 0 Å². The number of carbonyl (C=O) groups excluding carboxylic acids is 1. The molecule has 0 N–H and O–H groups in total. The first-order valence-corrected chi connectivity index (χ1v) is 9.49. The Balaban J connectivity index is 1.34. The lowest BCUT2D eigenvalue weighted by atomic mass is 9.96. The molecular formula is C21H22ClN3O. The van der Waals surface area contributed by atoms with Crippen LogP contribution in [0.25, 0.3) is 11.0 Å². The maximum absolute atomic E-state index is 12.6. The second-order valence-electron chi connectivity index (χ2n) is 6.98. The van der Waals surface area contributed by atoms with Crippen molar-refractivity contribution >= 4 is 28.5 Å². The molecule has 0 bridgehead atoms. The van der Waals surface area contributed by atoms with Crippen LogP contribution in [0.2, 0.25) is 5.02 Å². The Morgan fingerprint density at radius 3 is 2.62 bits per heavy atom. The van der Waals surface area contributed by atoms with E-state index in [1.807, 2.05) is 47.6 Å². The number of carbonyl (C=O) groups is 1. The zero-order valence-corrected chi connectivity index (χ0v) is 15.4. The smallest absolute Gasteiger partial charge is 0.227 e. The van der Waals surface area contributed by atoms with E-state index in [1.165, 1.54) is 5.52 Å². The van der Waals surface area contributed by atoms with Gasteiger partial charge in [-0.3, -0.25) is 4.79 Å². The summed E-state index contributed by atoms with van der Waals surface area (Å²) >= 11 is 6.18. The van der Waals surface area contributed by atoms with E-state index >= 15 is 0 Å². The largest absolute Gasteiger partial charge is 0.342 e. The average molecular weight is 368 g/mol. The number of fused-ring (bicyclic) bond motifs is 1. The summed E-state index contributed by atoms with van der Waals surface area (Å²) in [7, 11) is 0. The molecule has 1 fully saturated rings. The number of likely N-dealkylation sites (tertiary alicyclic amines) is 1. The first kappa shape index (κ1) is 17.1. The fourth-order valence-electron chi connectivity index (χ4n) is 3.72. The average Bonchev–Trinajstić information content (AvgIpc) is 3.07. The molecule has 4 rings (SSSR count). The molecule has 4 nitrogen and oxygen atoms in total. The number of amides is 1. The van der Waals surface area contributed by atoms with E-state index < -0.39 is 0 Å². The Labute approximate surface area is 158 Å². The Morgan fingerprint density at radius 2 is 1.81 bits per heavy atom. The molecule has 2 aromatic carbocycles. The van der Waals surface area contributed by atoms with Crippen molar-refractivity contribution in [3.63, 3.8) is 0 Å². The monoisotopic (exact) mass is 367 g/mol. The summed E-state index contributed by atoms with van der Waals surface area (Å²) in [6.07, 6.45) is 4.37. The number of aromatic nitrogens is 2. The van der Waals surface area contributed by atoms with Crippen LogP contribution in [-0.4, -0.2) is 33.4 Å². The number of para-hydroxylation sites is 2. The highest BCUT2D eigenvalue weighted by atomic mass is 35.5. The molecule has 26 heavy (non-hydrogen) atoms. The minimum atomic E-state index is 0.171. The maximum Gasteiger partial charge on any atom is 0.227 e. The Kier molecular flexibility index (Phi) is 4.93. The summed E-state index contributed by atoms with van der Waals surface area (Å²) in [5.41, 5.74) is 3.13. The summed E-state index contributed by atoms with van der Waals surface area (Å²) in [5, 5.41) is 0.669. The molecule has 1 amide bonds. The lowest BCUT2D eigenvalue weighted by Gasteiger charge is -2.32. The van der Waals surface area contributed by atoms with Crippen LogP contribution in [-0.2, 0) is 17.8 Å². The van der Waals surface area contributed by atoms with Gasteiger partial charge in [-0.05, 0) is 42.5 Å². The number of nitrogens with zero attached hydrogens (tertiary/aromatic N) is 3. The SMILES string of the molecule is O=C(Cc1ccccc1Cl)N1CCC(Cn2cnc3ccccc32)CC1. The molecule has 0 aliphatic carbocycles. The first-order valence-electron chi connectivity index (χ1n) is 9.12. The number of halogens is 1. The van der Waals surface area contributed by atoms with Crippen LogP contribution in [0.5, 0.6) is 0 Å². The predicted octanol–water partition coefficient (Wildman–Crippen LogP) is 4.17. The summed E-state index contributed by atoms with van der Waals surface area (Å²) < 4.78 is 2.24. The maximum atomic E-state index is 12.6. The normalized spacial score (nSPS) is 15.5. The summed E-state index contributed by atoms with van der Waals surface area (Å²) in [4.78, 5) is 19.0. The molecule has 0 saturated carbocycles. The van der Waals surface area contributed by atoms with E-state index in [0.717, 1.165) is 43.6 Å². The van der Waals surface area contributed by atoms with Crippen LogP contribution in [0.4, 0.5) is 0 Å². The minimum absolute atomic E-state index is 0.171. The zero-order valence-electron chi connectivity index (χ0n) is 14.6. The topological polar surface area (TPSA) is 38.1 Å². The van der Waals surface area contributed by atoms with Crippen LogP contribution in [0.1, 0.15) is 18.4 Å². The number of hydrogen-bond donors (Lipinski definition) is 0. The van der Waals surface area contributed by atoms with Gasteiger partial charge in [0.15, 0.2) is 0 Å². The van der Waals surface area contributed by atoms with Crippen LogP contribution in [0.3, 0.4) is 0 Å². The molecule has 5 heteroatoms. The molecule has 1 aliphatic heterocycles. The number of imidazole rings is 1. The van der Waals surface area contributed by atoms with Crippen LogP contribution in [0, 0.1) is 5.92 Å². The van der Waals surface area contributed by atoms with Gasteiger partial charge in [0.05, 0.1) is 23.8 Å². The highest BCUT2D eigenvalue weighted by molar-refractivity contribution is 6.31. The van der Waals surface area contributed by atoms with Gasteiger partial charge < -0.3 is 9.47 Å². The standard InChI is InChI=1S/C21H22ClN3O/c22-18-6-2-1-5-17(18)13-21(26)24-11-9-16(10-12-24)14-25-15-23-19-7-3-4-8-20(19)25/h1-8,15-16H,9-14H2. The molecule has 1 aliphatic rings. The number of piperidine rings is 1. The van der Waals surface area contributed by atoms with E-state index in [9.17, 15) is 4.79 Å². The molecule has 3 aromatic rings. The lowest BCUT2D eigenvalue weighted by molar-refractivity contribution is -0.131. The Hall–Kier alpha value is -2.33. The predicted molar refractivity (Wildman–Crippen MR) is 104 cm³/mol. The molecule has 0 unspecified atom stereocenters. The minimum Gasteiger partial charge on any atom is -0.342 e. The number of hydrogen-bond acceptors (Lipinski definition) is 2. The van der Waals surface area contributed by atoms with E-state index in [0.29, 0.717) is 17.4 Å². The third-order valence-electron chi connectivity index (χ3n) is 5.25. The lowest BCUT2D eigenvalue weighted by Crippen LogP contribution is -2.40. The molecule has 2 heterocycles. The Bertz CT molecular complexity index is 912. The van der Waals surface area contributed by atoms with Gasteiger partial charge in [-0.1, -0.05) is 41.9 Å². The summed E-state index contributed by atoms with van der Waals surface area (Å²) in [6, 6.07) is 15.8. The molecular weight excluding hydrogens is 346 g/mol. The summed E-state index contributed by atoms with van der Waals surface area (Å²) in [5.74, 6) is 0.751. The zero-order chi connectivity index (χ0) is 17.9. The van der Waals surface area contributed by atoms with E-state index in [1.54, 1.807) is 0 Å². The fourth-order valence-corrected chi connectivity index (χ4v) is 3.92. The third-order valence-corrected chi connectivity index (χ3v) is 5.62. The van der Waals surface area contributed by atoms with E-state index in [4.69, 9.17) is 11.6 Å². The third kappa shape index (κ3) is 3.61. The molecule has 0 radical (unpaired) electrons. The molecule has 0 spiro atoms. The second kappa shape index (κ2) is 7.50. The van der Waals surface area contributed by atoms with E-state index in [2.05, 4.69) is 21.7 Å². The van der Waals surface area contributed by atoms with Gasteiger partial charge in [0.25, 0.3) is 0 Å². The van der Waals surface area contributed by atoms with Gasteiger partial charge in [-0.25, -0.2) is 4.98 Å². The second-order valence-corrected chi connectivity index (χ2v) is 7.39. The van der Waals surface area contributed by atoms with Crippen LogP contribution in [0.15, 0.2) is 54.9 Å². The van der Waals surface area contributed by atoms with Crippen molar-refractivity contribution in [2.45, 2.75) is 25.8 Å². The van der Waals surface area contributed by atoms with Crippen molar-refractivity contribution in [2.24, 2.45) is 5.92 Å². The fraction of sp³-hybridized carbons (Fsp3) is 0.333. The molecule has 0 atom stereocenters. The van der Waals surface area contributed by atoms with Gasteiger partial charge in [0.1, 0.15) is 0 Å². The highest BCUT2D eigenvalue weighted by Crippen LogP contribution is 2.23. The van der Waals surface area contributed by atoms with Gasteiger partial charge in [-0.2, -0.15) is 0 Å². The number of rotatable bonds is 4. The first-order chi connectivity index (χ1) is 12.7. The van der Waals surface area contributed by atoms with E-state index in [-0.39, 0.29) is 5.91 Å².